The average molecular weight is 251 g/mol. The highest BCUT2D eigenvalue weighted by atomic mass is 19.2. The molecule has 0 radical (unpaired) electrons. The molecule has 0 saturated carbocycles. The van der Waals surface area contributed by atoms with Crippen LogP contribution in [0.2, 0.25) is 0 Å². The Morgan fingerprint density at radius 2 is 1.65 bits per heavy atom. The first kappa shape index (κ1) is 13.3. The first-order chi connectivity index (χ1) is 7.95. The second-order valence-electron chi connectivity index (χ2n) is 2.98. The van der Waals surface area contributed by atoms with E-state index in [4.69, 9.17) is 0 Å². The van der Waals surface area contributed by atoms with E-state index in [9.17, 15) is 22.4 Å². The fourth-order valence-electron chi connectivity index (χ4n) is 1.26. The Kier molecular flexibility index (Phi) is 3.93. The number of anilines is 1. The van der Waals surface area contributed by atoms with E-state index < -0.39 is 40.5 Å². The van der Waals surface area contributed by atoms with E-state index >= 15 is 0 Å². The highest BCUT2D eigenvalue weighted by Gasteiger charge is 2.29. The van der Waals surface area contributed by atoms with Crippen LogP contribution < -0.4 is 5.32 Å². The van der Waals surface area contributed by atoms with E-state index in [2.05, 4.69) is 10.1 Å². The third-order valence-electron chi connectivity index (χ3n) is 2.00. The average Bonchev–Trinajstić information content (AvgIpc) is 2.31. The molecular formula is C10H9F4NO2. The molecule has 0 fully saturated rings. The minimum atomic E-state index is -2.05. The van der Waals surface area contributed by atoms with E-state index in [0.717, 1.165) is 7.05 Å². The number of halogens is 4. The summed E-state index contributed by atoms with van der Waals surface area (Å²) in [4.78, 5) is 11.3. The Bertz CT molecular complexity index is 462. The van der Waals surface area contributed by atoms with Crippen molar-refractivity contribution < 1.29 is 27.1 Å². The first-order valence-corrected chi connectivity index (χ1v) is 4.66. The van der Waals surface area contributed by atoms with Crippen LogP contribution in [0.1, 0.15) is 17.3 Å². The van der Waals surface area contributed by atoms with Gasteiger partial charge in [-0.15, -0.1) is 0 Å². The van der Waals surface area contributed by atoms with Gasteiger partial charge in [-0.3, -0.25) is 0 Å². The zero-order valence-electron chi connectivity index (χ0n) is 9.04. The highest BCUT2D eigenvalue weighted by Crippen LogP contribution is 2.28. The van der Waals surface area contributed by atoms with Crippen LogP contribution in [-0.4, -0.2) is 19.6 Å². The van der Waals surface area contributed by atoms with Crippen LogP contribution in [0.4, 0.5) is 23.2 Å². The number of rotatable bonds is 3. The van der Waals surface area contributed by atoms with E-state index in [1.54, 1.807) is 0 Å². The Morgan fingerprint density at radius 3 is 2.12 bits per heavy atom. The fraction of sp³-hybridized carbons (Fsp3) is 0.300. The van der Waals surface area contributed by atoms with Crippen molar-refractivity contribution >= 4 is 11.7 Å². The maximum Gasteiger partial charge on any atom is 0.343 e. The van der Waals surface area contributed by atoms with Gasteiger partial charge in [0, 0.05) is 7.05 Å². The molecule has 1 aromatic carbocycles. The van der Waals surface area contributed by atoms with Gasteiger partial charge in [-0.1, -0.05) is 0 Å². The van der Waals surface area contributed by atoms with Crippen molar-refractivity contribution in [1.29, 1.82) is 0 Å². The molecule has 94 valence electrons. The topological polar surface area (TPSA) is 38.3 Å². The van der Waals surface area contributed by atoms with Crippen LogP contribution in [-0.2, 0) is 4.74 Å². The largest absolute Gasteiger partial charge is 0.462 e. The van der Waals surface area contributed by atoms with Crippen LogP contribution in [0, 0.1) is 23.3 Å². The summed E-state index contributed by atoms with van der Waals surface area (Å²) < 4.78 is 56.8. The Morgan fingerprint density at radius 1 is 1.12 bits per heavy atom. The SMILES string of the molecule is CCOC(=O)c1c(F)c(F)c(F)c(F)c1NC. The van der Waals surface area contributed by atoms with Gasteiger partial charge in [-0.2, -0.15) is 0 Å². The number of carbonyl (C=O) groups is 1. The Hall–Kier alpha value is -1.79. The molecule has 0 aliphatic rings. The molecule has 7 heteroatoms. The Labute approximate surface area is 94.4 Å². The Balaban J connectivity index is 3.52. The van der Waals surface area contributed by atoms with Gasteiger partial charge < -0.3 is 10.1 Å². The smallest absolute Gasteiger partial charge is 0.343 e. The van der Waals surface area contributed by atoms with Crippen molar-refractivity contribution in [2.24, 2.45) is 0 Å². The van der Waals surface area contributed by atoms with Crippen molar-refractivity contribution in [3.8, 4) is 0 Å². The monoisotopic (exact) mass is 251 g/mol. The number of hydrogen-bond acceptors (Lipinski definition) is 3. The van der Waals surface area contributed by atoms with Gasteiger partial charge in [-0.25, -0.2) is 22.4 Å². The zero-order valence-corrected chi connectivity index (χ0v) is 9.04. The molecular weight excluding hydrogens is 242 g/mol. The van der Waals surface area contributed by atoms with Gasteiger partial charge in [-0.05, 0) is 6.92 Å². The van der Waals surface area contributed by atoms with Crippen molar-refractivity contribution in [3.63, 3.8) is 0 Å². The number of carbonyl (C=O) groups excluding carboxylic acids is 1. The third kappa shape index (κ3) is 2.17. The number of benzene rings is 1. The maximum absolute atomic E-state index is 13.3. The van der Waals surface area contributed by atoms with E-state index in [1.807, 2.05) is 0 Å². The predicted molar refractivity (Wildman–Crippen MR) is 51.8 cm³/mol. The van der Waals surface area contributed by atoms with Crippen molar-refractivity contribution in [3.05, 3.63) is 28.8 Å². The quantitative estimate of drug-likeness (QED) is 0.388. The van der Waals surface area contributed by atoms with Crippen LogP contribution >= 0.6 is 0 Å². The lowest BCUT2D eigenvalue weighted by atomic mass is 10.1. The molecule has 0 heterocycles. The van der Waals surface area contributed by atoms with E-state index in [0.29, 0.717) is 0 Å². The molecule has 0 spiro atoms. The molecule has 0 aliphatic carbocycles. The molecule has 1 rings (SSSR count). The number of esters is 1. The summed E-state index contributed by atoms with van der Waals surface area (Å²) >= 11 is 0. The van der Waals surface area contributed by atoms with Crippen molar-refractivity contribution in [1.82, 2.24) is 0 Å². The van der Waals surface area contributed by atoms with Gasteiger partial charge in [0.25, 0.3) is 0 Å². The van der Waals surface area contributed by atoms with Gasteiger partial charge >= 0.3 is 5.97 Å². The molecule has 0 atom stereocenters. The van der Waals surface area contributed by atoms with E-state index in [1.165, 1.54) is 6.92 Å². The standard InChI is InChI=1S/C10H9F4NO2/c1-3-17-10(16)4-5(11)6(12)7(13)8(14)9(4)15-2/h15H,3H2,1-2H3. The lowest BCUT2D eigenvalue weighted by molar-refractivity contribution is 0.0520. The number of ether oxygens (including phenoxy) is 1. The van der Waals surface area contributed by atoms with Gasteiger partial charge in [0.1, 0.15) is 5.56 Å². The number of hydrogen-bond donors (Lipinski definition) is 1. The number of nitrogens with one attached hydrogen (secondary N) is 1. The molecule has 1 aromatic rings. The summed E-state index contributed by atoms with van der Waals surface area (Å²) in [6.45, 7) is 1.33. The lowest BCUT2D eigenvalue weighted by Crippen LogP contribution is -2.15. The maximum atomic E-state index is 13.3. The summed E-state index contributed by atoms with van der Waals surface area (Å²) in [7, 11) is 1.14. The van der Waals surface area contributed by atoms with Gasteiger partial charge in [0.2, 0.25) is 0 Å². The third-order valence-corrected chi connectivity index (χ3v) is 2.00. The molecule has 0 bridgehead atoms. The zero-order chi connectivity index (χ0) is 13.2. The molecule has 0 aliphatic heterocycles. The highest BCUT2D eigenvalue weighted by molar-refractivity contribution is 5.96. The molecule has 0 saturated heterocycles. The van der Waals surface area contributed by atoms with E-state index in [-0.39, 0.29) is 6.61 Å². The van der Waals surface area contributed by atoms with Crippen molar-refractivity contribution in [2.45, 2.75) is 6.92 Å². The first-order valence-electron chi connectivity index (χ1n) is 4.66. The molecule has 0 unspecified atom stereocenters. The fourth-order valence-corrected chi connectivity index (χ4v) is 1.26. The predicted octanol–water partition coefficient (Wildman–Crippen LogP) is 2.46. The summed E-state index contributed by atoms with van der Waals surface area (Å²) in [5.41, 5.74) is -1.77. The summed E-state index contributed by atoms with van der Waals surface area (Å²) in [6, 6.07) is 0. The second kappa shape index (κ2) is 5.03. The minimum Gasteiger partial charge on any atom is -0.462 e. The van der Waals surface area contributed by atoms with Gasteiger partial charge in [0.05, 0.1) is 12.3 Å². The minimum absolute atomic E-state index is 0.109. The normalized spacial score (nSPS) is 10.2. The lowest BCUT2D eigenvalue weighted by Gasteiger charge is -2.11. The second-order valence-corrected chi connectivity index (χ2v) is 2.98. The molecule has 17 heavy (non-hydrogen) atoms. The summed E-state index contributed by atoms with van der Waals surface area (Å²) in [5, 5.41) is 2.09. The molecule has 3 nitrogen and oxygen atoms in total. The van der Waals surface area contributed by atoms with Crippen LogP contribution in [0.15, 0.2) is 0 Å². The van der Waals surface area contributed by atoms with Crippen molar-refractivity contribution in [2.75, 3.05) is 19.0 Å². The summed E-state index contributed by atoms with van der Waals surface area (Å²) in [5.74, 6) is -8.77. The van der Waals surface area contributed by atoms with Gasteiger partial charge in [0.15, 0.2) is 23.3 Å². The molecule has 0 aromatic heterocycles. The van der Waals surface area contributed by atoms with Crippen LogP contribution in [0.25, 0.3) is 0 Å². The van der Waals surface area contributed by atoms with Crippen LogP contribution in [0.3, 0.4) is 0 Å². The molecule has 1 N–H and O–H groups in total. The summed E-state index contributed by atoms with van der Waals surface area (Å²) in [6.07, 6.45) is 0. The van der Waals surface area contributed by atoms with Crippen LogP contribution in [0.5, 0.6) is 0 Å². The molecule has 0 amide bonds.